The minimum atomic E-state index is -6.00. The Hall–Kier alpha value is -3.13. The van der Waals surface area contributed by atoms with Crippen LogP contribution in [0.25, 0.3) is 0 Å². The van der Waals surface area contributed by atoms with Gasteiger partial charge in [0.2, 0.25) is 0 Å². The Balaban J connectivity index is 0.000000651. The zero-order valence-corrected chi connectivity index (χ0v) is 30.7. The van der Waals surface area contributed by atoms with Crippen LogP contribution in [0.4, 0.5) is 34.5 Å². The molecule has 4 aromatic rings. The van der Waals surface area contributed by atoms with E-state index in [1.165, 1.54) is 35.1 Å². The average Bonchev–Trinajstić information content (AvgIpc) is 3.66. The summed E-state index contributed by atoms with van der Waals surface area (Å²) >= 11 is 0. The number of benzene rings is 4. The molecule has 274 valence electrons. The van der Waals surface area contributed by atoms with E-state index in [-0.39, 0.29) is 32.6 Å². The van der Waals surface area contributed by atoms with Crippen molar-refractivity contribution in [3.8, 4) is 12.1 Å². The molecular weight excluding hydrogens is 810 g/mol. The van der Waals surface area contributed by atoms with E-state index in [2.05, 4.69) is 121 Å². The first-order chi connectivity index (χ1) is 23.7. The Labute approximate surface area is 309 Å². The van der Waals surface area contributed by atoms with E-state index in [1.807, 2.05) is 0 Å². The van der Waals surface area contributed by atoms with E-state index in [0.29, 0.717) is 11.3 Å². The fourth-order valence-electron chi connectivity index (χ4n) is 5.32. The molecule has 2 aliphatic rings. The number of halogens is 8. The average molecular weight is 845 g/mol. The van der Waals surface area contributed by atoms with Gasteiger partial charge in [0.05, 0.1) is 37.6 Å². The molecule has 4 atom stereocenters. The zero-order valence-electron chi connectivity index (χ0n) is 27.4. The monoisotopic (exact) mass is 844 g/mol. The van der Waals surface area contributed by atoms with Crippen LogP contribution >= 0.6 is 15.8 Å². The predicted octanol–water partition coefficient (Wildman–Crippen LogP) is 8.44. The van der Waals surface area contributed by atoms with Crippen LogP contribution in [0.15, 0.2) is 121 Å². The molecule has 0 aromatic heterocycles. The summed E-state index contributed by atoms with van der Waals surface area (Å²) in [6.07, 6.45) is 0.267. The Morgan fingerprint density at radius 2 is 0.667 bits per heavy atom. The van der Waals surface area contributed by atoms with Crippen LogP contribution in [0.2, 0.25) is 0 Å². The Morgan fingerprint density at radius 3 is 0.843 bits per heavy atom. The first-order valence-electron chi connectivity index (χ1n) is 15.1. The van der Waals surface area contributed by atoms with Crippen LogP contribution in [-0.2, 0) is 29.9 Å². The van der Waals surface area contributed by atoms with Crippen LogP contribution in [0, 0.1) is 22.7 Å². The normalized spacial score (nSPS) is 18.6. The molecule has 6 rings (SSSR count). The van der Waals surface area contributed by atoms with Crippen molar-refractivity contribution in [2.45, 2.75) is 37.4 Å². The van der Waals surface area contributed by atoms with E-state index in [9.17, 15) is 34.5 Å². The van der Waals surface area contributed by atoms with Gasteiger partial charge in [-0.3, -0.25) is 0 Å². The van der Waals surface area contributed by atoms with Crippen molar-refractivity contribution in [1.82, 2.24) is 0 Å². The van der Waals surface area contributed by atoms with Crippen molar-refractivity contribution >= 4 is 51.6 Å². The largest absolute Gasteiger partial charge is 2.00 e. The zero-order chi connectivity index (χ0) is 37.2. The number of rotatable bonds is 6. The molecule has 0 unspecified atom stereocenters. The number of ether oxygens (including phenoxy) is 2. The molecule has 2 heterocycles. The van der Waals surface area contributed by atoms with Crippen molar-refractivity contribution in [3.05, 3.63) is 121 Å². The predicted molar refractivity (Wildman–Crippen MR) is 188 cm³/mol. The number of hydrogen-bond acceptors (Lipinski definition) is 4. The van der Waals surface area contributed by atoms with Crippen molar-refractivity contribution in [2.75, 3.05) is 13.2 Å². The van der Waals surface area contributed by atoms with Gasteiger partial charge in [0.25, 0.3) is 0 Å². The van der Waals surface area contributed by atoms with Crippen LogP contribution in [-0.4, -0.2) is 51.2 Å². The van der Waals surface area contributed by atoms with Crippen LogP contribution in [0.1, 0.15) is 13.8 Å². The van der Waals surface area contributed by atoms with Gasteiger partial charge in [0.15, 0.2) is 0 Å². The first kappa shape index (κ1) is 45.9. The summed E-state index contributed by atoms with van der Waals surface area (Å²) in [4.78, 5) is 0. The molecule has 0 amide bonds. The molecule has 4 nitrogen and oxygen atoms in total. The topological polar surface area (TPSA) is 66.0 Å². The van der Waals surface area contributed by atoms with Gasteiger partial charge >= 0.3 is 34.9 Å². The number of nitriles is 2. The molecule has 2 saturated heterocycles. The maximum atomic E-state index is 9.75. The Kier molecular flexibility index (Phi) is 21.1. The smallest absolute Gasteiger partial charge is 0.418 e. The molecule has 17 heteroatoms. The van der Waals surface area contributed by atoms with Crippen LogP contribution < -0.4 is 21.2 Å². The van der Waals surface area contributed by atoms with E-state index >= 15 is 0 Å². The van der Waals surface area contributed by atoms with Gasteiger partial charge in [-0.05, 0) is 37.1 Å². The summed E-state index contributed by atoms with van der Waals surface area (Å²) in [5.74, 6) is 0. The third kappa shape index (κ3) is 16.8. The molecular formula is C34H34B2F8N2O2P2Pd. The number of nitrogens with zero attached hydrogens (tertiary/aromatic N) is 2. The fourth-order valence-corrected chi connectivity index (χ4v) is 11.0. The maximum absolute atomic E-state index is 9.75. The minimum Gasteiger partial charge on any atom is -0.418 e. The quantitative estimate of drug-likeness (QED) is 0.111. The first-order valence-corrected chi connectivity index (χ1v) is 17.9. The van der Waals surface area contributed by atoms with Gasteiger partial charge in [-0.15, -0.1) is 0 Å². The second-order valence-electron chi connectivity index (χ2n) is 10.2. The summed E-state index contributed by atoms with van der Waals surface area (Å²) in [5.41, 5.74) is 0.719. The molecule has 0 aliphatic carbocycles. The van der Waals surface area contributed by atoms with Gasteiger partial charge in [-0.1, -0.05) is 121 Å². The third-order valence-corrected chi connectivity index (χ3v) is 12.4. The van der Waals surface area contributed by atoms with Gasteiger partial charge < -0.3 is 44.0 Å². The maximum Gasteiger partial charge on any atom is 2.00 e. The summed E-state index contributed by atoms with van der Waals surface area (Å²) in [6.45, 7) is 4.38. The fraction of sp³-hybridized carbons (Fsp3) is 0.235. The second-order valence-corrected chi connectivity index (χ2v) is 15.1. The van der Waals surface area contributed by atoms with Gasteiger partial charge in [0, 0.05) is 25.2 Å². The summed E-state index contributed by atoms with van der Waals surface area (Å²) in [6, 6.07) is 47.4. The van der Waals surface area contributed by atoms with Crippen molar-refractivity contribution in [1.29, 1.82) is 10.5 Å². The third-order valence-electron chi connectivity index (χ3n) is 6.80. The van der Waals surface area contributed by atoms with E-state index in [1.54, 1.807) is 12.1 Å². The minimum absolute atomic E-state index is 0. The van der Waals surface area contributed by atoms with Gasteiger partial charge in [-0.2, -0.15) is 10.5 Å². The van der Waals surface area contributed by atoms with E-state index in [0.717, 1.165) is 13.2 Å². The molecule has 0 bridgehead atoms. The molecule has 4 aromatic carbocycles. The van der Waals surface area contributed by atoms with Gasteiger partial charge in [-0.25, -0.2) is 0 Å². The standard InChI is InChI=1S/C30H28O2P2.2C2H3N.2BF4.Pd/c1-5-13-23(14-6-1)33(24-15-7-2-8-16-24)27-21-31-30-28(22-32-29(27)30)34(25-17-9-3-10-18-25)26-19-11-4-12-20-26;2*1-2-3;2*2-1(3,4)5;/h1-20,27-30H,21-22H2;2*1H3;;;/q;;;2*-1;+2/t27-,28-,29+,30+;;;;;/m0...../s1. The van der Waals surface area contributed by atoms with E-state index < -0.39 is 30.4 Å². The molecule has 51 heavy (non-hydrogen) atoms. The number of fused-ring (bicyclic) bond motifs is 1. The SMILES string of the molecule is CC#N.CC#N.F[B-](F)(F)F.F[B-](F)(F)F.[Pd+2].c1ccc(P(c2ccccc2)[C@H]2CO[C@H]3[C@@H]2OC[C@@H]3P(c2ccccc2)c2ccccc2)cc1. The van der Waals surface area contributed by atoms with Crippen LogP contribution in [0.5, 0.6) is 0 Å². The summed E-state index contributed by atoms with van der Waals surface area (Å²) < 4.78 is 91.3. The van der Waals surface area contributed by atoms with Crippen molar-refractivity contribution < 1.29 is 64.4 Å². The van der Waals surface area contributed by atoms with Crippen molar-refractivity contribution in [3.63, 3.8) is 0 Å². The number of hydrogen-bond donors (Lipinski definition) is 0. The Bertz CT molecular complexity index is 1390. The molecule has 0 spiro atoms. The molecule has 2 aliphatic heterocycles. The van der Waals surface area contributed by atoms with Crippen molar-refractivity contribution in [2.24, 2.45) is 0 Å². The molecule has 0 saturated carbocycles. The summed E-state index contributed by atoms with van der Waals surface area (Å²) in [5, 5.41) is 20.2. The van der Waals surface area contributed by atoms with Crippen LogP contribution in [0.3, 0.4) is 0 Å². The van der Waals surface area contributed by atoms with E-state index in [4.69, 9.17) is 20.0 Å². The summed E-state index contributed by atoms with van der Waals surface area (Å²) in [7, 11) is -13.1. The molecule has 0 N–H and O–H groups in total. The Morgan fingerprint density at radius 1 is 0.490 bits per heavy atom. The second kappa shape index (κ2) is 23.4. The molecule has 0 radical (unpaired) electrons. The van der Waals surface area contributed by atoms with Gasteiger partial charge in [0.1, 0.15) is 0 Å². The molecule has 2 fully saturated rings.